The Balaban J connectivity index is 1.88. The maximum Gasteiger partial charge on any atom is 0.260 e. The van der Waals surface area contributed by atoms with Crippen molar-refractivity contribution in [2.45, 2.75) is 24.9 Å². The van der Waals surface area contributed by atoms with E-state index in [1.54, 1.807) is 18.2 Å². The van der Waals surface area contributed by atoms with Crippen molar-refractivity contribution in [3.8, 4) is 0 Å². The summed E-state index contributed by atoms with van der Waals surface area (Å²) in [6, 6.07) is 5.02. The Labute approximate surface area is 109 Å². The first-order valence-corrected chi connectivity index (χ1v) is 6.32. The smallest absolute Gasteiger partial charge is 0.260 e. The van der Waals surface area contributed by atoms with Crippen molar-refractivity contribution in [3.05, 3.63) is 28.6 Å². The van der Waals surface area contributed by atoms with Crippen molar-refractivity contribution in [1.29, 1.82) is 0 Å². The van der Waals surface area contributed by atoms with E-state index < -0.39 is 5.60 Å². The molecule has 0 saturated heterocycles. The molecule has 19 heavy (non-hydrogen) atoms. The molecule has 0 radical (unpaired) electrons. The van der Waals surface area contributed by atoms with Crippen molar-refractivity contribution in [2.75, 3.05) is 17.6 Å². The molecule has 0 bridgehead atoms. The highest BCUT2D eigenvalue weighted by Crippen LogP contribution is 2.31. The van der Waals surface area contributed by atoms with Crippen molar-refractivity contribution < 1.29 is 5.11 Å². The summed E-state index contributed by atoms with van der Waals surface area (Å²) in [7, 11) is 0. The molecule has 1 aliphatic carbocycles. The lowest BCUT2D eigenvalue weighted by atomic mass is 9.80. The number of fused-ring (bicyclic) bond motifs is 1. The number of anilines is 2. The zero-order chi connectivity index (χ0) is 13.5. The first-order valence-electron chi connectivity index (χ1n) is 6.32. The van der Waals surface area contributed by atoms with Crippen LogP contribution in [0.1, 0.15) is 19.3 Å². The number of aromatic nitrogens is 2. The van der Waals surface area contributed by atoms with Crippen LogP contribution >= 0.6 is 0 Å². The van der Waals surface area contributed by atoms with Gasteiger partial charge in [-0.25, -0.2) is 4.98 Å². The lowest BCUT2D eigenvalue weighted by Gasteiger charge is -2.36. The highest BCUT2D eigenvalue weighted by atomic mass is 16.3. The summed E-state index contributed by atoms with van der Waals surface area (Å²) in [6.45, 7) is 0.399. The van der Waals surface area contributed by atoms with Gasteiger partial charge in [0.05, 0.1) is 16.5 Å². The molecule has 5 N–H and O–H groups in total. The van der Waals surface area contributed by atoms with E-state index in [1.807, 2.05) is 0 Å². The standard InChI is InChI=1S/C13H16N4O2/c14-8-2-3-10-9(6-8)11(18)17-12(16-10)15-7-13(19)4-1-5-13/h2-3,6,19H,1,4-5,7,14H2,(H2,15,16,17,18). The molecule has 1 fully saturated rings. The Bertz CT molecular complexity index is 676. The molecule has 0 spiro atoms. The van der Waals surface area contributed by atoms with Crippen molar-refractivity contribution in [1.82, 2.24) is 9.97 Å². The van der Waals surface area contributed by atoms with Gasteiger partial charge in [-0.05, 0) is 37.5 Å². The second kappa shape index (κ2) is 4.24. The van der Waals surface area contributed by atoms with Gasteiger partial charge in [-0.2, -0.15) is 0 Å². The number of nitrogens with two attached hydrogens (primary N) is 1. The Morgan fingerprint density at radius 1 is 1.47 bits per heavy atom. The fraction of sp³-hybridized carbons (Fsp3) is 0.385. The van der Waals surface area contributed by atoms with E-state index in [0.717, 1.165) is 19.3 Å². The van der Waals surface area contributed by atoms with Gasteiger partial charge in [-0.1, -0.05) is 0 Å². The molecule has 1 heterocycles. The summed E-state index contributed by atoms with van der Waals surface area (Å²) < 4.78 is 0. The first kappa shape index (κ1) is 12.0. The Kier molecular flexibility index (Phi) is 2.67. The van der Waals surface area contributed by atoms with Crippen LogP contribution in [0.2, 0.25) is 0 Å². The van der Waals surface area contributed by atoms with Crippen LogP contribution in [0.5, 0.6) is 0 Å². The summed E-state index contributed by atoms with van der Waals surface area (Å²) in [5.74, 6) is 0.377. The Morgan fingerprint density at radius 2 is 2.26 bits per heavy atom. The summed E-state index contributed by atoms with van der Waals surface area (Å²) in [5, 5.41) is 13.4. The number of hydrogen-bond donors (Lipinski definition) is 4. The number of nitrogens with zero attached hydrogens (tertiary/aromatic N) is 1. The van der Waals surface area contributed by atoms with Crippen LogP contribution in [0.25, 0.3) is 10.9 Å². The molecule has 0 unspecified atom stereocenters. The van der Waals surface area contributed by atoms with Crippen LogP contribution in [0.3, 0.4) is 0 Å². The second-order valence-corrected chi connectivity index (χ2v) is 5.12. The predicted octanol–water partition coefficient (Wildman–Crippen LogP) is 0.832. The van der Waals surface area contributed by atoms with E-state index in [0.29, 0.717) is 29.1 Å². The van der Waals surface area contributed by atoms with Crippen LogP contribution < -0.4 is 16.6 Å². The molecule has 1 saturated carbocycles. The maximum atomic E-state index is 11.9. The van der Waals surface area contributed by atoms with Gasteiger partial charge in [0.1, 0.15) is 0 Å². The summed E-state index contributed by atoms with van der Waals surface area (Å²) in [4.78, 5) is 18.9. The first-order chi connectivity index (χ1) is 9.06. The summed E-state index contributed by atoms with van der Waals surface area (Å²) >= 11 is 0. The quantitative estimate of drug-likeness (QED) is 0.612. The SMILES string of the molecule is Nc1ccc2nc(NCC3(O)CCC3)[nH]c(=O)c2c1. The molecule has 2 aromatic rings. The molecule has 100 valence electrons. The predicted molar refractivity (Wildman–Crippen MR) is 74.1 cm³/mol. The summed E-state index contributed by atoms with van der Waals surface area (Å²) in [5.41, 5.74) is 5.87. The third-order valence-corrected chi connectivity index (χ3v) is 3.60. The van der Waals surface area contributed by atoms with Gasteiger partial charge < -0.3 is 16.2 Å². The highest BCUT2D eigenvalue weighted by Gasteiger charge is 2.34. The van der Waals surface area contributed by atoms with Crippen LogP contribution in [0, 0.1) is 0 Å². The highest BCUT2D eigenvalue weighted by molar-refractivity contribution is 5.81. The number of hydrogen-bond acceptors (Lipinski definition) is 5. The van der Waals surface area contributed by atoms with Crippen molar-refractivity contribution in [3.63, 3.8) is 0 Å². The average Bonchev–Trinajstić information content (AvgIpc) is 2.35. The molecule has 3 rings (SSSR count). The van der Waals surface area contributed by atoms with Crippen molar-refractivity contribution in [2.24, 2.45) is 0 Å². The number of aromatic amines is 1. The van der Waals surface area contributed by atoms with E-state index in [-0.39, 0.29) is 5.56 Å². The van der Waals surface area contributed by atoms with Crippen LogP contribution in [0.4, 0.5) is 11.6 Å². The minimum Gasteiger partial charge on any atom is -0.399 e. The molecule has 6 nitrogen and oxygen atoms in total. The molecule has 1 aliphatic rings. The van der Waals surface area contributed by atoms with Crippen LogP contribution in [-0.2, 0) is 0 Å². The minimum atomic E-state index is -0.658. The minimum absolute atomic E-state index is 0.236. The molecule has 0 amide bonds. The Hall–Kier alpha value is -2.08. The zero-order valence-electron chi connectivity index (χ0n) is 10.4. The molecule has 1 aromatic carbocycles. The second-order valence-electron chi connectivity index (χ2n) is 5.12. The van der Waals surface area contributed by atoms with E-state index >= 15 is 0 Å². The molecule has 0 atom stereocenters. The van der Waals surface area contributed by atoms with Crippen LogP contribution in [0.15, 0.2) is 23.0 Å². The number of H-pyrrole nitrogens is 1. The van der Waals surface area contributed by atoms with Gasteiger partial charge in [0.2, 0.25) is 5.95 Å². The van der Waals surface area contributed by atoms with Gasteiger partial charge in [-0.3, -0.25) is 9.78 Å². The van der Waals surface area contributed by atoms with Gasteiger partial charge in [0.15, 0.2) is 0 Å². The zero-order valence-corrected chi connectivity index (χ0v) is 10.4. The van der Waals surface area contributed by atoms with Gasteiger partial charge in [-0.15, -0.1) is 0 Å². The molecule has 6 heteroatoms. The van der Waals surface area contributed by atoms with E-state index in [9.17, 15) is 9.90 Å². The number of benzene rings is 1. The van der Waals surface area contributed by atoms with Gasteiger partial charge in [0.25, 0.3) is 5.56 Å². The average molecular weight is 260 g/mol. The van der Waals surface area contributed by atoms with Crippen molar-refractivity contribution >= 4 is 22.5 Å². The maximum absolute atomic E-state index is 11.9. The molecular formula is C13H16N4O2. The monoisotopic (exact) mass is 260 g/mol. The normalized spacial score (nSPS) is 17.1. The molecular weight excluding hydrogens is 244 g/mol. The largest absolute Gasteiger partial charge is 0.399 e. The van der Waals surface area contributed by atoms with E-state index in [1.165, 1.54) is 0 Å². The Morgan fingerprint density at radius 3 is 2.95 bits per heavy atom. The number of nitrogens with one attached hydrogen (secondary N) is 2. The number of nitrogen functional groups attached to an aromatic ring is 1. The fourth-order valence-electron chi connectivity index (χ4n) is 2.25. The van der Waals surface area contributed by atoms with E-state index in [4.69, 9.17) is 5.73 Å². The molecule has 1 aromatic heterocycles. The van der Waals surface area contributed by atoms with Gasteiger partial charge >= 0.3 is 0 Å². The summed E-state index contributed by atoms with van der Waals surface area (Å²) in [6.07, 6.45) is 2.61. The third-order valence-electron chi connectivity index (χ3n) is 3.60. The van der Waals surface area contributed by atoms with Crippen LogP contribution in [-0.4, -0.2) is 27.2 Å². The molecule has 0 aliphatic heterocycles. The lowest BCUT2D eigenvalue weighted by Crippen LogP contribution is -2.43. The number of rotatable bonds is 3. The fourth-order valence-corrected chi connectivity index (χ4v) is 2.25. The lowest BCUT2D eigenvalue weighted by molar-refractivity contribution is -0.0203. The van der Waals surface area contributed by atoms with Gasteiger partial charge in [0, 0.05) is 12.2 Å². The topological polar surface area (TPSA) is 104 Å². The third kappa shape index (κ3) is 2.26. The number of aliphatic hydroxyl groups is 1. The van der Waals surface area contributed by atoms with E-state index in [2.05, 4.69) is 15.3 Å².